The number of hydrazone groups is 1. The van der Waals surface area contributed by atoms with Crippen LogP contribution in [0.15, 0.2) is 83.6 Å². The summed E-state index contributed by atoms with van der Waals surface area (Å²) in [5.41, 5.74) is 3.98. The van der Waals surface area contributed by atoms with E-state index in [1.807, 2.05) is 31.1 Å². The third-order valence-corrected chi connectivity index (χ3v) is 4.84. The minimum absolute atomic E-state index is 0.0395. The maximum atomic E-state index is 12.9. The van der Waals surface area contributed by atoms with Crippen molar-refractivity contribution in [3.05, 3.63) is 105 Å². The van der Waals surface area contributed by atoms with E-state index in [9.17, 15) is 24.8 Å². The third-order valence-electron chi connectivity index (χ3n) is 4.84. The van der Waals surface area contributed by atoms with Crippen LogP contribution in [0.25, 0.3) is 6.08 Å². The van der Waals surface area contributed by atoms with Crippen molar-refractivity contribution in [1.82, 2.24) is 10.7 Å². The third kappa shape index (κ3) is 6.75. The maximum Gasteiger partial charge on any atom is 0.287 e. The van der Waals surface area contributed by atoms with Crippen LogP contribution in [0.3, 0.4) is 0 Å². The molecule has 0 aromatic heterocycles. The normalized spacial score (nSPS) is 11.2. The second-order valence-corrected chi connectivity index (χ2v) is 7.56. The number of phenols is 1. The molecule has 0 spiro atoms. The lowest BCUT2D eigenvalue weighted by Gasteiger charge is -2.12. The highest BCUT2D eigenvalue weighted by atomic mass is 16.6. The zero-order chi connectivity index (χ0) is 25.4. The van der Waals surface area contributed by atoms with Gasteiger partial charge in [0.2, 0.25) is 0 Å². The highest BCUT2D eigenvalue weighted by molar-refractivity contribution is 6.05. The largest absolute Gasteiger partial charge is 0.507 e. The number of nitrogens with one attached hydrogen (secondary N) is 2. The van der Waals surface area contributed by atoms with Gasteiger partial charge in [-0.3, -0.25) is 19.7 Å². The average Bonchev–Trinajstić information content (AvgIpc) is 2.85. The minimum Gasteiger partial charge on any atom is -0.507 e. The Kier molecular flexibility index (Phi) is 7.91. The predicted octanol–water partition coefficient (Wildman–Crippen LogP) is 3.29. The van der Waals surface area contributed by atoms with Gasteiger partial charge in [-0.2, -0.15) is 5.10 Å². The summed E-state index contributed by atoms with van der Waals surface area (Å²) in [7, 11) is 3.81. The van der Waals surface area contributed by atoms with Gasteiger partial charge in [-0.15, -0.1) is 0 Å². The van der Waals surface area contributed by atoms with E-state index in [0.717, 1.165) is 30.1 Å². The fourth-order valence-electron chi connectivity index (χ4n) is 2.96. The smallest absolute Gasteiger partial charge is 0.287 e. The van der Waals surface area contributed by atoms with Crippen molar-refractivity contribution in [2.45, 2.75) is 0 Å². The standard InChI is InChI=1S/C25H23N5O5/c1-29(2)20-10-8-17(9-11-20)14-22(27-24(32)18-6-4-3-5-7-18)25(33)28-26-16-19-15-21(30(34)35)12-13-23(19)31/h3-16,31H,1-2H3,(H,27,32)(H,28,33). The molecular formula is C25H23N5O5. The summed E-state index contributed by atoms with van der Waals surface area (Å²) in [5, 5.41) is 27.2. The van der Waals surface area contributed by atoms with Crippen LogP contribution in [0.5, 0.6) is 5.75 Å². The van der Waals surface area contributed by atoms with Gasteiger partial charge in [0.05, 0.1) is 11.1 Å². The number of nitro benzene ring substituents is 1. The SMILES string of the molecule is CN(C)c1ccc(C=C(NC(=O)c2ccccc2)C(=O)NN=Cc2cc([N+](=O)[O-])ccc2O)cc1. The summed E-state index contributed by atoms with van der Waals surface area (Å²) in [6.45, 7) is 0. The summed E-state index contributed by atoms with van der Waals surface area (Å²) < 4.78 is 0. The number of phenolic OH excluding ortho intramolecular Hbond substituents is 1. The first-order chi connectivity index (χ1) is 16.7. The second kappa shape index (κ2) is 11.2. The van der Waals surface area contributed by atoms with E-state index in [-0.39, 0.29) is 22.7 Å². The topological polar surface area (TPSA) is 137 Å². The maximum absolute atomic E-state index is 12.9. The van der Waals surface area contributed by atoms with Crippen LogP contribution in [0.4, 0.5) is 11.4 Å². The molecule has 0 unspecified atom stereocenters. The molecule has 178 valence electrons. The molecule has 0 aliphatic rings. The molecule has 0 saturated carbocycles. The second-order valence-electron chi connectivity index (χ2n) is 7.56. The van der Waals surface area contributed by atoms with E-state index in [1.54, 1.807) is 42.5 Å². The fourth-order valence-corrected chi connectivity index (χ4v) is 2.96. The van der Waals surface area contributed by atoms with E-state index in [4.69, 9.17) is 0 Å². The predicted molar refractivity (Wildman–Crippen MR) is 133 cm³/mol. The zero-order valence-corrected chi connectivity index (χ0v) is 19.0. The monoisotopic (exact) mass is 473 g/mol. The number of benzene rings is 3. The highest BCUT2D eigenvalue weighted by Crippen LogP contribution is 2.21. The summed E-state index contributed by atoms with van der Waals surface area (Å²) >= 11 is 0. The number of hydrogen-bond acceptors (Lipinski definition) is 7. The number of hydrogen-bond donors (Lipinski definition) is 3. The Hall–Kier alpha value is -4.99. The van der Waals surface area contributed by atoms with Crippen LogP contribution >= 0.6 is 0 Å². The van der Waals surface area contributed by atoms with Crippen LogP contribution in [-0.4, -0.2) is 42.2 Å². The number of non-ortho nitro benzene ring substituents is 1. The van der Waals surface area contributed by atoms with Gasteiger partial charge in [-0.25, -0.2) is 5.43 Å². The molecule has 0 heterocycles. The Morgan fingerprint density at radius 3 is 2.34 bits per heavy atom. The number of nitrogens with zero attached hydrogens (tertiary/aromatic N) is 3. The van der Waals surface area contributed by atoms with Crippen LogP contribution in [0.2, 0.25) is 0 Å². The molecule has 3 rings (SSSR count). The number of carbonyl (C=O) groups excluding carboxylic acids is 2. The first-order valence-electron chi connectivity index (χ1n) is 10.4. The average molecular weight is 473 g/mol. The lowest BCUT2D eigenvalue weighted by molar-refractivity contribution is -0.384. The van der Waals surface area contributed by atoms with Crippen LogP contribution in [0.1, 0.15) is 21.5 Å². The van der Waals surface area contributed by atoms with E-state index in [1.165, 1.54) is 6.08 Å². The first-order valence-corrected chi connectivity index (χ1v) is 10.4. The number of aromatic hydroxyl groups is 1. The summed E-state index contributed by atoms with van der Waals surface area (Å²) in [4.78, 5) is 37.8. The molecule has 0 atom stereocenters. The molecule has 0 aliphatic heterocycles. The molecule has 0 bridgehead atoms. The van der Waals surface area contributed by atoms with Gasteiger partial charge in [0.1, 0.15) is 11.4 Å². The Bertz CT molecular complexity index is 1290. The lowest BCUT2D eigenvalue weighted by Crippen LogP contribution is -2.32. The molecule has 3 aromatic carbocycles. The van der Waals surface area contributed by atoms with Gasteiger partial charge in [-0.1, -0.05) is 30.3 Å². The Morgan fingerprint density at radius 1 is 1.03 bits per heavy atom. The molecule has 10 nitrogen and oxygen atoms in total. The summed E-state index contributed by atoms with van der Waals surface area (Å²) in [6, 6.07) is 19.1. The minimum atomic E-state index is -0.730. The van der Waals surface area contributed by atoms with Crippen LogP contribution in [-0.2, 0) is 4.79 Å². The van der Waals surface area contributed by atoms with E-state index in [0.29, 0.717) is 11.1 Å². The molecule has 0 fully saturated rings. The molecule has 3 aromatic rings. The van der Waals surface area contributed by atoms with Crippen molar-refractivity contribution in [3.63, 3.8) is 0 Å². The van der Waals surface area contributed by atoms with E-state index in [2.05, 4.69) is 15.8 Å². The Morgan fingerprint density at radius 2 is 1.71 bits per heavy atom. The first kappa shape index (κ1) is 24.6. The summed E-state index contributed by atoms with van der Waals surface area (Å²) in [6.07, 6.45) is 2.57. The number of nitro groups is 1. The van der Waals surface area contributed by atoms with Gasteiger partial charge in [0.25, 0.3) is 17.5 Å². The molecule has 35 heavy (non-hydrogen) atoms. The van der Waals surface area contributed by atoms with Gasteiger partial charge in [0.15, 0.2) is 0 Å². The Balaban J connectivity index is 1.84. The van der Waals surface area contributed by atoms with Gasteiger partial charge in [-0.05, 0) is 42.0 Å². The van der Waals surface area contributed by atoms with Crippen LogP contribution in [0, 0.1) is 10.1 Å². The molecule has 0 radical (unpaired) electrons. The molecule has 3 N–H and O–H groups in total. The van der Waals surface area contributed by atoms with Gasteiger partial charge >= 0.3 is 0 Å². The number of amides is 2. The van der Waals surface area contributed by atoms with Crippen molar-refractivity contribution in [3.8, 4) is 5.75 Å². The molecule has 0 aliphatic carbocycles. The van der Waals surface area contributed by atoms with E-state index < -0.39 is 16.7 Å². The zero-order valence-electron chi connectivity index (χ0n) is 19.0. The fraction of sp³-hybridized carbons (Fsp3) is 0.0800. The van der Waals surface area contributed by atoms with Crippen molar-refractivity contribution in [2.75, 3.05) is 19.0 Å². The number of rotatable bonds is 8. The highest BCUT2D eigenvalue weighted by Gasteiger charge is 2.15. The molecule has 2 amide bonds. The van der Waals surface area contributed by atoms with Crippen molar-refractivity contribution in [1.29, 1.82) is 0 Å². The van der Waals surface area contributed by atoms with Crippen molar-refractivity contribution >= 4 is 35.5 Å². The lowest BCUT2D eigenvalue weighted by atomic mass is 10.1. The molecule has 10 heteroatoms. The van der Waals surface area contributed by atoms with Gasteiger partial charge in [0, 0.05) is 43.0 Å². The van der Waals surface area contributed by atoms with E-state index >= 15 is 0 Å². The van der Waals surface area contributed by atoms with Gasteiger partial charge < -0.3 is 15.3 Å². The molecule has 0 saturated heterocycles. The number of anilines is 1. The van der Waals surface area contributed by atoms with Crippen molar-refractivity contribution < 1.29 is 19.6 Å². The summed E-state index contributed by atoms with van der Waals surface area (Å²) in [5.74, 6) is -1.47. The Labute approximate surface area is 201 Å². The quantitative estimate of drug-likeness (QED) is 0.199. The number of carbonyl (C=O) groups is 2. The molecular weight excluding hydrogens is 450 g/mol. The van der Waals surface area contributed by atoms with Crippen LogP contribution < -0.4 is 15.6 Å². The van der Waals surface area contributed by atoms with Crippen molar-refractivity contribution in [2.24, 2.45) is 5.10 Å².